The van der Waals surface area contributed by atoms with Crippen LogP contribution in [-0.4, -0.2) is 49.9 Å². The average molecular weight is 298 g/mol. The summed E-state index contributed by atoms with van der Waals surface area (Å²) in [4.78, 5) is 2.40. The summed E-state index contributed by atoms with van der Waals surface area (Å²) >= 11 is 0. The van der Waals surface area contributed by atoms with Gasteiger partial charge >= 0.3 is 0 Å². The Balaban J connectivity index is 1.98. The standard InChI is InChI=1S/C14H22N2O3S/c15-11-12-1-5-14(6-2-12)20(18,19)10-8-16(7-9-17)13-3-4-13/h1-2,5-6,13,17H,3-4,7-11,15H2. The Morgan fingerprint density at radius 1 is 1.20 bits per heavy atom. The van der Waals surface area contributed by atoms with Crippen molar-refractivity contribution in [1.29, 1.82) is 0 Å². The number of nitrogens with two attached hydrogens (primary N) is 1. The zero-order valence-electron chi connectivity index (χ0n) is 11.5. The summed E-state index contributed by atoms with van der Waals surface area (Å²) in [6.07, 6.45) is 2.20. The summed E-state index contributed by atoms with van der Waals surface area (Å²) in [7, 11) is -3.27. The molecular formula is C14H22N2O3S. The van der Waals surface area contributed by atoms with Crippen molar-refractivity contribution >= 4 is 9.84 Å². The van der Waals surface area contributed by atoms with E-state index in [2.05, 4.69) is 4.90 Å². The second-order valence-electron chi connectivity index (χ2n) is 5.16. The Morgan fingerprint density at radius 3 is 2.35 bits per heavy atom. The molecule has 0 bridgehead atoms. The average Bonchev–Trinajstić information content (AvgIpc) is 3.28. The topological polar surface area (TPSA) is 83.6 Å². The molecule has 1 fully saturated rings. The minimum absolute atomic E-state index is 0.0712. The number of rotatable bonds is 8. The van der Waals surface area contributed by atoms with Crippen molar-refractivity contribution in [2.75, 3.05) is 25.4 Å². The molecule has 1 aromatic carbocycles. The fraction of sp³-hybridized carbons (Fsp3) is 0.571. The molecule has 0 aromatic heterocycles. The van der Waals surface area contributed by atoms with Gasteiger partial charge in [0.1, 0.15) is 0 Å². The van der Waals surface area contributed by atoms with E-state index < -0.39 is 9.84 Å². The third-order valence-corrected chi connectivity index (χ3v) is 5.33. The van der Waals surface area contributed by atoms with Gasteiger partial charge in [0.15, 0.2) is 9.84 Å². The Labute approximate surface area is 120 Å². The van der Waals surface area contributed by atoms with Gasteiger partial charge in [0.05, 0.1) is 17.3 Å². The van der Waals surface area contributed by atoms with Crippen LogP contribution < -0.4 is 5.73 Å². The van der Waals surface area contributed by atoms with Gasteiger partial charge in [-0.1, -0.05) is 12.1 Å². The molecule has 0 atom stereocenters. The van der Waals surface area contributed by atoms with E-state index >= 15 is 0 Å². The highest BCUT2D eigenvalue weighted by Crippen LogP contribution is 2.26. The van der Waals surface area contributed by atoms with Crippen LogP contribution in [0.5, 0.6) is 0 Å². The van der Waals surface area contributed by atoms with Gasteiger partial charge in [0, 0.05) is 25.7 Å². The number of benzene rings is 1. The normalized spacial score (nSPS) is 15.8. The minimum Gasteiger partial charge on any atom is -0.395 e. The lowest BCUT2D eigenvalue weighted by molar-refractivity contribution is 0.196. The van der Waals surface area contributed by atoms with Gasteiger partial charge in [-0.3, -0.25) is 4.90 Å². The fourth-order valence-corrected chi connectivity index (χ4v) is 3.49. The molecule has 5 nitrogen and oxygen atoms in total. The van der Waals surface area contributed by atoms with Crippen molar-refractivity contribution in [3.63, 3.8) is 0 Å². The van der Waals surface area contributed by atoms with Gasteiger partial charge in [-0.15, -0.1) is 0 Å². The summed E-state index contributed by atoms with van der Waals surface area (Å²) in [6, 6.07) is 7.19. The maximum absolute atomic E-state index is 12.3. The van der Waals surface area contributed by atoms with Crippen LogP contribution >= 0.6 is 0 Å². The molecule has 1 aromatic rings. The quantitative estimate of drug-likeness (QED) is 0.725. The Kier molecular flexibility index (Phi) is 5.15. The molecule has 2 rings (SSSR count). The van der Waals surface area contributed by atoms with E-state index in [0.717, 1.165) is 18.4 Å². The van der Waals surface area contributed by atoms with Crippen LogP contribution in [0.1, 0.15) is 18.4 Å². The molecule has 1 aliphatic carbocycles. The third kappa shape index (κ3) is 4.02. The number of aliphatic hydroxyl groups is 1. The van der Waals surface area contributed by atoms with E-state index in [0.29, 0.717) is 30.6 Å². The van der Waals surface area contributed by atoms with Crippen molar-refractivity contribution in [1.82, 2.24) is 4.90 Å². The number of hydrogen-bond donors (Lipinski definition) is 2. The molecule has 0 saturated heterocycles. The van der Waals surface area contributed by atoms with Crippen LogP contribution in [0.25, 0.3) is 0 Å². The first kappa shape index (κ1) is 15.4. The summed E-state index contributed by atoms with van der Waals surface area (Å²) in [5, 5.41) is 9.01. The second kappa shape index (κ2) is 6.67. The van der Waals surface area contributed by atoms with Gasteiger partial charge in [-0.05, 0) is 30.5 Å². The fourth-order valence-electron chi connectivity index (χ4n) is 2.23. The number of sulfone groups is 1. The smallest absolute Gasteiger partial charge is 0.179 e. The highest BCUT2D eigenvalue weighted by molar-refractivity contribution is 7.91. The van der Waals surface area contributed by atoms with Crippen LogP contribution in [0.4, 0.5) is 0 Å². The van der Waals surface area contributed by atoms with Crippen LogP contribution in [0.3, 0.4) is 0 Å². The molecule has 0 amide bonds. The molecule has 3 N–H and O–H groups in total. The highest BCUT2D eigenvalue weighted by atomic mass is 32.2. The predicted molar refractivity (Wildman–Crippen MR) is 78.1 cm³/mol. The molecule has 0 heterocycles. The molecule has 1 aliphatic rings. The number of nitrogens with zero attached hydrogens (tertiary/aromatic N) is 1. The van der Waals surface area contributed by atoms with Gasteiger partial charge in [0.25, 0.3) is 0 Å². The summed E-state index contributed by atoms with van der Waals surface area (Å²) in [5.41, 5.74) is 6.42. The minimum atomic E-state index is -3.27. The van der Waals surface area contributed by atoms with Crippen molar-refractivity contribution in [3.8, 4) is 0 Å². The second-order valence-corrected chi connectivity index (χ2v) is 7.27. The molecule has 6 heteroatoms. The largest absolute Gasteiger partial charge is 0.395 e. The van der Waals surface area contributed by atoms with E-state index in [1.54, 1.807) is 24.3 Å². The maximum Gasteiger partial charge on any atom is 0.179 e. The maximum atomic E-state index is 12.3. The lowest BCUT2D eigenvalue weighted by atomic mass is 10.2. The monoisotopic (exact) mass is 298 g/mol. The van der Waals surface area contributed by atoms with Gasteiger partial charge < -0.3 is 10.8 Å². The van der Waals surface area contributed by atoms with E-state index in [9.17, 15) is 8.42 Å². The first-order valence-corrected chi connectivity index (χ1v) is 8.58. The summed E-state index contributed by atoms with van der Waals surface area (Å²) < 4.78 is 24.5. The van der Waals surface area contributed by atoms with Crippen molar-refractivity contribution in [2.45, 2.75) is 30.3 Å². The van der Waals surface area contributed by atoms with Gasteiger partial charge in [-0.2, -0.15) is 0 Å². The van der Waals surface area contributed by atoms with E-state index in [1.807, 2.05) is 0 Å². The molecule has 0 aliphatic heterocycles. The first-order chi connectivity index (χ1) is 9.56. The lowest BCUT2D eigenvalue weighted by Crippen LogP contribution is -2.33. The van der Waals surface area contributed by atoms with Crippen molar-refractivity contribution < 1.29 is 13.5 Å². The lowest BCUT2D eigenvalue weighted by Gasteiger charge is -2.20. The molecule has 112 valence electrons. The van der Waals surface area contributed by atoms with E-state index in [4.69, 9.17) is 10.8 Å². The molecule has 1 saturated carbocycles. The third-order valence-electron chi connectivity index (χ3n) is 3.62. The molecule has 0 radical (unpaired) electrons. The van der Waals surface area contributed by atoms with Gasteiger partial charge in [-0.25, -0.2) is 8.42 Å². The van der Waals surface area contributed by atoms with Crippen molar-refractivity contribution in [2.24, 2.45) is 5.73 Å². The summed E-state index contributed by atoms with van der Waals surface area (Å²) in [5.74, 6) is 0.0888. The first-order valence-electron chi connectivity index (χ1n) is 6.93. The highest BCUT2D eigenvalue weighted by Gasteiger charge is 2.29. The number of aliphatic hydroxyl groups excluding tert-OH is 1. The van der Waals surface area contributed by atoms with Crippen LogP contribution in [0, 0.1) is 0 Å². The number of hydrogen-bond acceptors (Lipinski definition) is 5. The van der Waals surface area contributed by atoms with Crippen LogP contribution in [0.15, 0.2) is 29.2 Å². The van der Waals surface area contributed by atoms with E-state index in [1.165, 1.54) is 0 Å². The molecule has 0 unspecified atom stereocenters. The Hall–Kier alpha value is -0.950. The summed E-state index contributed by atoms with van der Waals surface area (Å²) in [6.45, 7) is 1.51. The Morgan fingerprint density at radius 2 is 1.85 bits per heavy atom. The molecule has 0 spiro atoms. The van der Waals surface area contributed by atoms with Crippen molar-refractivity contribution in [3.05, 3.63) is 29.8 Å². The van der Waals surface area contributed by atoms with Crippen LogP contribution in [0.2, 0.25) is 0 Å². The molecular weight excluding hydrogens is 276 g/mol. The van der Waals surface area contributed by atoms with Gasteiger partial charge in [0.2, 0.25) is 0 Å². The zero-order chi connectivity index (χ0) is 14.6. The SMILES string of the molecule is NCc1ccc(S(=O)(=O)CCN(CCO)C2CC2)cc1. The Bertz CT molecular complexity index is 524. The molecule has 20 heavy (non-hydrogen) atoms. The predicted octanol–water partition coefficient (Wildman–Crippen LogP) is 0.376. The van der Waals surface area contributed by atoms with Crippen LogP contribution in [-0.2, 0) is 16.4 Å². The zero-order valence-corrected chi connectivity index (χ0v) is 12.3. The van der Waals surface area contributed by atoms with E-state index in [-0.39, 0.29) is 12.4 Å².